The minimum atomic E-state index is -0.875. The van der Waals surface area contributed by atoms with Crippen LogP contribution in [0.2, 0.25) is 0 Å². The Bertz CT molecular complexity index is 721. The number of nitrogens with zero attached hydrogens (tertiary/aromatic N) is 1. The van der Waals surface area contributed by atoms with E-state index in [1.165, 1.54) is 0 Å². The molecule has 1 aliphatic heterocycles. The van der Waals surface area contributed by atoms with Crippen molar-refractivity contribution in [3.63, 3.8) is 0 Å². The first kappa shape index (κ1) is 17.0. The van der Waals surface area contributed by atoms with Gasteiger partial charge in [0.2, 0.25) is 6.10 Å². The molecule has 0 aromatic heterocycles. The van der Waals surface area contributed by atoms with Crippen molar-refractivity contribution in [3.05, 3.63) is 65.7 Å². The Hall–Kier alpha value is -2.82. The number of hydrogen-bond donors (Lipinski definition) is 1. The molecule has 1 heterocycles. The molecule has 5 nitrogen and oxygen atoms in total. The Labute approximate surface area is 146 Å². The van der Waals surface area contributed by atoms with Crippen LogP contribution < -0.4 is 4.74 Å². The van der Waals surface area contributed by atoms with Crippen LogP contribution in [0, 0.1) is 0 Å². The first-order valence-electron chi connectivity index (χ1n) is 8.44. The normalized spacial score (nSPS) is 15.0. The Morgan fingerprint density at radius 3 is 2.24 bits per heavy atom. The SMILES string of the molecule is O=C(O)Cc1ccc(O[C@H](C(=O)N2CCCC2)c2ccccc2)cc1. The van der Waals surface area contributed by atoms with Crippen LogP contribution in [0.3, 0.4) is 0 Å². The average Bonchev–Trinajstić information content (AvgIpc) is 3.15. The second-order valence-corrected chi connectivity index (χ2v) is 6.16. The quantitative estimate of drug-likeness (QED) is 0.878. The lowest BCUT2D eigenvalue weighted by molar-refractivity contribution is -0.138. The monoisotopic (exact) mass is 339 g/mol. The van der Waals surface area contributed by atoms with Crippen LogP contribution in [-0.2, 0) is 16.0 Å². The topological polar surface area (TPSA) is 66.8 Å². The number of amides is 1. The standard InChI is InChI=1S/C20H21NO4/c22-18(23)14-15-8-10-17(11-9-15)25-19(16-6-2-1-3-7-16)20(24)21-12-4-5-13-21/h1-3,6-11,19H,4-5,12-14H2,(H,22,23)/t19-/m0/s1. The number of aliphatic carboxylic acids is 1. The lowest BCUT2D eigenvalue weighted by Gasteiger charge is -2.24. The van der Waals surface area contributed by atoms with Crippen molar-refractivity contribution in [1.29, 1.82) is 0 Å². The molecule has 1 fully saturated rings. The Balaban J connectivity index is 1.79. The fourth-order valence-corrected chi connectivity index (χ4v) is 2.99. The van der Waals surface area contributed by atoms with Crippen LogP contribution in [0.15, 0.2) is 54.6 Å². The lowest BCUT2D eigenvalue weighted by atomic mass is 10.1. The number of carbonyl (C=O) groups excluding carboxylic acids is 1. The van der Waals surface area contributed by atoms with E-state index in [1.54, 1.807) is 24.3 Å². The van der Waals surface area contributed by atoms with Crippen molar-refractivity contribution in [1.82, 2.24) is 4.90 Å². The molecule has 5 heteroatoms. The molecule has 0 radical (unpaired) electrons. The van der Waals surface area contributed by atoms with Gasteiger partial charge in [0.25, 0.3) is 5.91 Å². The van der Waals surface area contributed by atoms with Crippen LogP contribution in [-0.4, -0.2) is 35.0 Å². The molecule has 1 atom stereocenters. The van der Waals surface area contributed by atoms with Gasteiger partial charge in [0, 0.05) is 18.7 Å². The number of carbonyl (C=O) groups is 2. The third kappa shape index (κ3) is 4.38. The molecule has 25 heavy (non-hydrogen) atoms. The molecular formula is C20H21NO4. The van der Waals surface area contributed by atoms with Gasteiger partial charge in [0.05, 0.1) is 6.42 Å². The maximum atomic E-state index is 12.9. The predicted octanol–water partition coefficient (Wildman–Crippen LogP) is 3.06. The van der Waals surface area contributed by atoms with E-state index >= 15 is 0 Å². The van der Waals surface area contributed by atoms with Crippen LogP contribution in [0.25, 0.3) is 0 Å². The summed E-state index contributed by atoms with van der Waals surface area (Å²) in [4.78, 5) is 25.5. The molecular weight excluding hydrogens is 318 g/mol. The van der Waals surface area contributed by atoms with Crippen LogP contribution in [0.5, 0.6) is 5.75 Å². The minimum Gasteiger partial charge on any atom is -0.481 e. The Kier molecular flexibility index (Phi) is 5.33. The lowest BCUT2D eigenvalue weighted by Crippen LogP contribution is -2.35. The highest BCUT2D eigenvalue weighted by Gasteiger charge is 2.29. The molecule has 3 rings (SSSR count). The summed E-state index contributed by atoms with van der Waals surface area (Å²) in [6.45, 7) is 1.53. The van der Waals surface area contributed by atoms with Crippen molar-refractivity contribution in [2.24, 2.45) is 0 Å². The van der Waals surface area contributed by atoms with Gasteiger partial charge in [0.1, 0.15) is 5.75 Å². The zero-order valence-electron chi connectivity index (χ0n) is 13.9. The summed E-state index contributed by atoms with van der Waals surface area (Å²) in [5, 5.41) is 8.84. The number of ether oxygens (including phenoxy) is 1. The molecule has 1 N–H and O–H groups in total. The highest BCUT2D eigenvalue weighted by atomic mass is 16.5. The number of carboxylic acid groups (broad SMARTS) is 1. The molecule has 0 bridgehead atoms. The highest BCUT2D eigenvalue weighted by Crippen LogP contribution is 2.26. The maximum Gasteiger partial charge on any atom is 0.307 e. The zero-order valence-corrected chi connectivity index (χ0v) is 13.9. The van der Waals surface area contributed by atoms with Crippen LogP contribution >= 0.6 is 0 Å². The van der Waals surface area contributed by atoms with Crippen LogP contribution in [0.4, 0.5) is 0 Å². The third-order valence-electron chi connectivity index (χ3n) is 4.28. The number of carboxylic acids is 1. The van der Waals surface area contributed by atoms with Crippen molar-refractivity contribution in [2.75, 3.05) is 13.1 Å². The van der Waals surface area contributed by atoms with E-state index in [0.717, 1.165) is 31.5 Å². The average molecular weight is 339 g/mol. The first-order valence-corrected chi connectivity index (χ1v) is 8.44. The Morgan fingerprint density at radius 1 is 1.00 bits per heavy atom. The van der Waals surface area contributed by atoms with Crippen molar-refractivity contribution >= 4 is 11.9 Å². The number of rotatable bonds is 6. The van der Waals surface area contributed by atoms with Gasteiger partial charge in [-0.1, -0.05) is 42.5 Å². The van der Waals surface area contributed by atoms with Crippen molar-refractivity contribution in [3.8, 4) is 5.75 Å². The van der Waals surface area contributed by atoms with E-state index in [1.807, 2.05) is 35.2 Å². The van der Waals surface area contributed by atoms with Gasteiger partial charge >= 0.3 is 5.97 Å². The molecule has 0 unspecified atom stereocenters. The predicted molar refractivity (Wildman–Crippen MR) is 93.4 cm³/mol. The molecule has 1 amide bonds. The van der Waals surface area contributed by atoms with Gasteiger partial charge in [-0.2, -0.15) is 0 Å². The number of hydrogen-bond acceptors (Lipinski definition) is 3. The van der Waals surface area contributed by atoms with Gasteiger partial charge in [-0.3, -0.25) is 9.59 Å². The molecule has 0 saturated carbocycles. The molecule has 2 aromatic carbocycles. The van der Waals surface area contributed by atoms with Crippen LogP contribution in [0.1, 0.15) is 30.1 Å². The summed E-state index contributed by atoms with van der Waals surface area (Å²) in [5.74, 6) is -0.353. The van der Waals surface area contributed by atoms with Crippen molar-refractivity contribution in [2.45, 2.75) is 25.4 Å². The molecule has 130 valence electrons. The van der Waals surface area contributed by atoms with Gasteiger partial charge < -0.3 is 14.7 Å². The van der Waals surface area contributed by atoms with Crippen molar-refractivity contribution < 1.29 is 19.4 Å². The maximum absolute atomic E-state index is 12.9. The minimum absolute atomic E-state index is 0.0293. The smallest absolute Gasteiger partial charge is 0.307 e. The molecule has 1 saturated heterocycles. The highest BCUT2D eigenvalue weighted by molar-refractivity contribution is 5.83. The number of benzene rings is 2. The summed E-state index contributed by atoms with van der Waals surface area (Å²) in [7, 11) is 0. The van der Waals surface area contributed by atoms with E-state index in [4.69, 9.17) is 9.84 Å². The van der Waals surface area contributed by atoms with Gasteiger partial charge in [-0.05, 0) is 30.5 Å². The third-order valence-corrected chi connectivity index (χ3v) is 4.28. The molecule has 1 aliphatic rings. The Morgan fingerprint density at radius 2 is 1.64 bits per heavy atom. The van der Waals surface area contributed by atoms with E-state index < -0.39 is 12.1 Å². The van der Waals surface area contributed by atoms with E-state index in [2.05, 4.69) is 0 Å². The second kappa shape index (κ2) is 7.83. The van der Waals surface area contributed by atoms with Gasteiger partial charge in [-0.25, -0.2) is 0 Å². The fraction of sp³-hybridized carbons (Fsp3) is 0.300. The summed E-state index contributed by atoms with van der Waals surface area (Å²) in [5.41, 5.74) is 1.51. The molecule has 2 aromatic rings. The van der Waals surface area contributed by atoms with E-state index in [9.17, 15) is 9.59 Å². The molecule has 0 spiro atoms. The second-order valence-electron chi connectivity index (χ2n) is 6.16. The number of likely N-dealkylation sites (tertiary alicyclic amines) is 1. The summed E-state index contributed by atoms with van der Waals surface area (Å²) >= 11 is 0. The van der Waals surface area contributed by atoms with Gasteiger partial charge in [0.15, 0.2) is 0 Å². The summed E-state index contributed by atoms with van der Waals surface area (Å²) in [6.07, 6.45) is 1.33. The van der Waals surface area contributed by atoms with Gasteiger partial charge in [-0.15, -0.1) is 0 Å². The molecule has 0 aliphatic carbocycles. The summed E-state index contributed by atoms with van der Waals surface area (Å²) in [6, 6.07) is 16.3. The summed E-state index contributed by atoms with van der Waals surface area (Å²) < 4.78 is 6.00. The first-order chi connectivity index (χ1) is 12.1. The fourth-order valence-electron chi connectivity index (χ4n) is 2.99. The largest absolute Gasteiger partial charge is 0.481 e. The van der Waals surface area contributed by atoms with E-state index in [0.29, 0.717) is 11.3 Å². The zero-order chi connectivity index (χ0) is 17.6. The van der Waals surface area contributed by atoms with E-state index in [-0.39, 0.29) is 12.3 Å².